The molecule has 24 heavy (non-hydrogen) atoms. The number of hydrogen-bond acceptors (Lipinski definition) is 2. The van der Waals surface area contributed by atoms with Crippen molar-refractivity contribution in [1.82, 2.24) is 0 Å². The average molecular weight is 357 g/mol. The number of rotatable bonds is 6. The molecule has 0 radical (unpaired) electrons. The van der Waals surface area contributed by atoms with Crippen molar-refractivity contribution in [1.29, 1.82) is 0 Å². The van der Waals surface area contributed by atoms with Gasteiger partial charge < -0.3 is 10.6 Å². The van der Waals surface area contributed by atoms with Gasteiger partial charge in [-0.3, -0.25) is 0 Å². The predicted molar refractivity (Wildman–Crippen MR) is 104 cm³/mol. The van der Waals surface area contributed by atoms with Crippen LogP contribution >= 0.6 is 23.2 Å². The number of benzene rings is 3. The summed E-state index contributed by atoms with van der Waals surface area (Å²) in [5.41, 5.74) is 4.27. The fraction of sp³-hybridized carbons (Fsp3) is 0.100. The molecular weight excluding hydrogens is 339 g/mol. The van der Waals surface area contributed by atoms with E-state index in [-0.39, 0.29) is 0 Å². The molecule has 0 aliphatic heterocycles. The normalized spacial score (nSPS) is 10.4. The first-order chi connectivity index (χ1) is 11.7. The van der Waals surface area contributed by atoms with Crippen LogP contribution in [0.15, 0.2) is 72.8 Å². The topological polar surface area (TPSA) is 24.1 Å². The van der Waals surface area contributed by atoms with E-state index in [0.717, 1.165) is 32.5 Å². The van der Waals surface area contributed by atoms with Gasteiger partial charge in [-0.1, -0.05) is 59.6 Å². The molecule has 0 fully saturated rings. The number of anilines is 2. The van der Waals surface area contributed by atoms with Crippen molar-refractivity contribution in [3.63, 3.8) is 0 Å². The summed E-state index contributed by atoms with van der Waals surface area (Å²) in [6.45, 7) is 1.40. The van der Waals surface area contributed by atoms with Crippen molar-refractivity contribution >= 4 is 34.6 Å². The van der Waals surface area contributed by atoms with E-state index in [0.29, 0.717) is 13.1 Å². The Morgan fingerprint density at radius 1 is 0.542 bits per heavy atom. The van der Waals surface area contributed by atoms with Crippen LogP contribution in [0.5, 0.6) is 0 Å². The van der Waals surface area contributed by atoms with Crippen molar-refractivity contribution in [2.75, 3.05) is 10.6 Å². The Morgan fingerprint density at radius 2 is 0.917 bits per heavy atom. The van der Waals surface area contributed by atoms with Crippen molar-refractivity contribution < 1.29 is 0 Å². The van der Waals surface area contributed by atoms with Gasteiger partial charge >= 0.3 is 0 Å². The minimum absolute atomic E-state index is 0.700. The Bertz CT molecular complexity index is 732. The molecule has 3 aromatic carbocycles. The highest BCUT2D eigenvalue weighted by molar-refractivity contribution is 6.31. The Labute approximate surface area is 152 Å². The zero-order valence-corrected chi connectivity index (χ0v) is 14.6. The van der Waals surface area contributed by atoms with Crippen LogP contribution < -0.4 is 10.6 Å². The molecule has 0 saturated heterocycles. The summed E-state index contributed by atoms with van der Waals surface area (Å²) >= 11 is 12.3. The lowest BCUT2D eigenvalue weighted by molar-refractivity contribution is 1.14. The highest BCUT2D eigenvalue weighted by Crippen LogP contribution is 2.20. The van der Waals surface area contributed by atoms with Crippen LogP contribution in [0.1, 0.15) is 11.1 Å². The summed E-state index contributed by atoms with van der Waals surface area (Å²) < 4.78 is 0. The summed E-state index contributed by atoms with van der Waals surface area (Å²) in [5.74, 6) is 0. The molecule has 0 aliphatic carbocycles. The van der Waals surface area contributed by atoms with Crippen molar-refractivity contribution in [3.05, 3.63) is 94.0 Å². The smallest absolute Gasteiger partial charge is 0.0455 e. The van der Waals surface area contributed by atoms with Gasteiger partial charge in [0.2, 0.25) is 0 Å². The second-order valence-electron chi connectivity index (χ2n) is 5.47. The zero-order valence-electron chi connectivity index (χ0n) is 13.1. The molecule has 2 N–H and O–H groups in total. The highest BCUT2D eigenvalue weighted by Gasteiger charge is 2.01. The van der Waals surface area contributed by atoms with Gasteiger partial charge in [0.15, 0.2) is 0 Å². The van der Waals surface area contributed by atoms with Crippen LogP contribution in [-0.4, -0.2) is 0 Å². The van der Waals surface area contributed by atoms with Crippen LogP contribution in [0.25, 0.3) is 0 Å². The number of halogens is 2. The van der Waals surface area contributed by atoms with E-state index in [1.807, 2.05) is 72.8 Å². The van der Waals surface area contributed by atoms with E-state index >= 15 is 0 Å². The third-order valence-electron chi connectivity index (χ3n) is 3.77. The van der Waals surface area contributed by atoms with Gasteiger partial charge in [-0.05, 0) is 47.5 Å². The van der Waals surface area contributed by atoms with Crippen LogP contribution in [0.3, 0.4) is 0 Å². The first-order valence-corrected chi connectivity index (χ1v) is 8.52. The van der Waals surface area contributed by atoms with Crippen LogP contribution in [0.4, 0.5) is 11.4 Å². The summed E-state index contributed by atoms with van der Waals surface area (Å²) in [6, 6.07) is 23.9. The van der Waals surface area contributed by atoms with Crippen molar-refractivity contribution in [3.8, 4) is 0 Å². The van der Waals surface area contributed by atoms with Crippen LogP contribution in [-0.2, 0) is 13.1 Å². The lowest BCUT2D eigenvalue weighted by Gasteiger charge is -2.11. The van der Waals surface area contributed by atoms with Crippen LogP contribution in [0.2, 0.25) is 10.0 Å². The van der Waals surface area contributed by atoms with E-state index in [1.165, 1.54) is 0 Å². The molecule has 0 amide bonds. The summed E-state index contributed by atoms with van der Waals surface area (Å²) in [4.78, 5) is 0. The fourth-order valence-corrected chi connectivity index (χ4v) is 2.79. The lowest BCUT2D eigenvalue weighted by atomic mass is 10.2. The van der Waals surface area contributed by atoms with E-state index in [2.05, 4.69) is 10.6 Å². The largest absolute Gasteiger partial charge is 0.381 e. The predicted octanol–water partition coefficient (Wildman–Crippen LogP) is 6.22. The Kier molecular flexibility index (Phi) is 5.63. The molecule has 2 nitrogen and oxygen atoms in total. The number of nitrogens with one attached hydrogen (secondary N) is 2. The van der Waals surface area contributed by atoms with Gasteiger partial charge in [-0.25, -0.2) is 0 Å². The molecular formula is C20H18Cl2N2. The standard InChI is InChI=1S/C20H18Cl2N2/c21-19-7-3-1-5-15(19)13-23-17-9-11-18(12-10-17)24-14-16-6-2-4-8-20(16)22/h1-12,23-24H,13-14H2. The molecule has 3 rings (SSSR count). The maximum absolute atomic E-state index is 6.17. The average Bonchev–Trinajstić information content (AvgIpc) is 2.61. The maximum atomic E-state index is 6.17. The Hall–Kier alpha value is -2.16. The van der Waals surface area contributed by atoms with Crippen LogP contribution in [0, 0.1) is 0 Å². The second kappa shape index (κ2) is 8.09. The van der Waals surface area contributed by atoms with Crippen molar-refractivity contribution in [2.24, 2.45) is 0 Å². The Morgan fingerprint density at radius 3 is 1.29 bits per heavy atom. The summed E-state index contributed by atoms with van der Waals surface area (Å²) in [5, 5.41) is 8.32. The van der Waals surface area contributed by atoms with Gasteiger partial charge in [-0.15, -0.1) is 0 Å². The SMILES string of the molecule is Clc1ccccc1CNc1ccc(NCc2ccccc2Cl)cc1. The molecule has 0 unspecified atom stereocenters. The lowest BCUT2D eigenvalue weighted by Crippen LogP contribution is -2.02. The van der Waals surface area contributed by atoms with Gasteiger partial charge in [0, 0.05) is 34.5 Å². The second-order valence-corrected chi connectivity index (χ2v) is 6.28. The molecule has 0 heterocycles. The molecule has 0 spiro atoms. The molecule has 0 aliphatic rings. The van der Waals surface area contributed by atoms with E-state index in [4.69, 9.17) is 23.2 Å². The maximum Gasteiger partial charge on any atom is 0.0455 e. The molecule has 0 atom stereocenters. The molecule has 3 aromatic rings. The molecule has 0 aromatic heterocycles. The Balaban J connectivity index is 1.55. The summed E-state index contributed by atoms with van der Waals surface area (Å²) in [6.07, 6.45) is 0. The van der Waals surface area contributed by atoms with E-state index < -0.39 is 0 Å². The third kappa shape index (κ3) is 4.44. The third-order valence-corrected chi connectivity index (χ3v) is 4.50. The molecule has 122 valence electrons. The van der Waals surface area contributed by atoms with Gasteiger partial charge in [0.1, 0.15) is 0 Å². The minimum atomic E-state index is 0.700. The molecule has 4 heteroatoms. The monoisotopic (exact) mass is 356 g/mol. The van der Waals surface area contributed by atoms with Gasteiger partial charge in [0.05, 0.1) is 0 Å². The highest BCUT2D eigenvalue weighted by atomic mass is 35.5. The quantitative estimate of drug-likeness (QED) is 0.547. The summed E-state index contributed by atoms with van der Waals surface area (Å²) in [7, 11) is 0. The van der Waals surface area contributed by atoms with E-state index in [1.54, 1.807) is 0 Å². The van der Waals surface area contributed by atoms with Gasteiger partial charge in [0.25, 0.3) is 0 Å². The zero-order chi connectivity index (χ0) is 16.8. The van der Waals surface area contributed by atoms with E-state index in [9.17, 15) is 0 Å². The molecule has 0 bridgehead atoms. The molecule has 0 saturated carbocycles. The first-order valence-electron chi connectivity index (χ1n) is 7.77. The van der Waals surface area contributed by atoms with Crippen molar-refractivity contribution in [2.45, 2.75) is 13.1 Å². The number of hydrogen-bond donors (Lipinski definition) is 2. The fourth-order valence-electron chi connectivity index (χ4n) is 2.38. The first kappa shape index (κ1) is 16.7. The van der Waals surface area contributed by atoms with Gasteiger partial charge in [-0.2, -0.15) is 0 Å². The minimum Gasteiger partial charge on any atom is -0.381 e.